The van der Waals surface area contributed by atoms with Crippen LogP contribution < -0.4 is 0 Å². The number of hydrogen-bond acceptors (Lipinski definition) is 2. The average molecular weight is 651 g/mol. The summed E-state index contributed by atoms with van der Waals surface area (Å²) < 4.78 is 1.95. The zero-order chi connectivity index (χ0) is 27.7. The highest BCUT2D eigenvalue weighted by Crippen LogP contribution is 2.46. The molecule has 0 saturated heterocycles. The molecule has 2 aromatic carbocycles. The van der Waals surface area contributed by atoms with Crippen LogP contribution in [0.5, 0.6) is 0 Å². The van der Waals surface area contributed by atoms with Crippen molar-refractivity contribution in [1.29, 1.82) is 0 Å². The minimum atomic E-state index is -2.19. The van der Waals surface area contributed by atoms with Crippen LogP contribution in [0.25, 0.3) is 0 Å². The molecule has 0 aromatic heterocycles. The molecule has 36 heavy (non-hydrogen) atoms. The molecule has 0 heterocycles. The van der Waals surface area contributed by atoms with Gasteiger partial charge in [0.1, 0.15) is 12.2 Å². The summed E-state index contributed by atoms with van der Waals surface area (Å²) in [6.45, 7) is 22.6. The summed E-state index contributed by atoms with van der Waals surface area (Å²) in [5.41, 5.74) is 8.71. The molecule has 0 amide bonds. The van der Waals surface area contributed by atoms with Gasteiger partial charge in [-0.05, 0) is 55.9 Å². The first-order valence-corrected chi connectivity index (χ1v) is 20.0. The van der Waals surface area contributed by atoms with E-state index in [1.807, 2.05) is 48.5 Å². The van der Waals surface area contributed by atoms with E-state index in [0.29, 0.717) is 0 Å². The SMILES string of the molecule is CC(C)(C)[Si](C)(C)C(=C=C=C(C(O)c1ccc(Br)cc1)[Si](C)(C)C(C)(C)C)C(O)c1ccc(Br)cc1. The van der Waals surface area contributed by atoms with Gasteiger partial charge in [-0.2, -0.15) is 0 Å². The van der Waals surface area contributed by atoms with Crippen LogP contribution in [-0.2, 0) is 0 Å². The molecular formula is C30H42Br2O2Si2. The van der Waals surface area contributed by atoms with Gasteiger partial charge in [0, 0.05) is 8.95 Å². The molecule has 0 radical (unpaired) electrons. The van der Waals surface area contributed by atoms with Crippen molar-refractivity contribution in [1.82, 2.24) is 0 Å². The minimum absolute atomic E-state index is 0.00514. The number of benzene rings is 2. The van der Waals surface area contributed by atoms with Crippen molar-refractivity contribution in [2.75, 3.05) is 0 Å². The van der Waals surface area contributed by atoms with Gasteiger partial charge in [-0.1, -0.05) is 135 Å². The van der Waals surface area contributed by atoms with Gasteiger partial charge in [0.05, 0.1) is 16.1 Å². The Balaban J connectivity index is 2.95. The summed E-state index contributed by atoms with van der Waals surface area (Å²) in [6, 6.07) is 15.7. The third-order valence-corrected chi connectivity index (χ3v) is 20.4. The second kappa shape index (κ2) is 11.4. The Labute approximate surface area is 237 Å². The molecule has 2 rings (SSSR count). The van der Waals surface area contributed by atoms with E-state index in [-0.39, 0.29) is 10.1 Å². The van der Waals surface area contributed by atoms with E-state index in [1.54, 1.807) is 0 Å². The van der Waals surface area contributed by atoms with E-state index in [1.165, 1.54) is 0 Å². The average Bonchev–Trinajstić information content (AvgIpc) is 2.75. The number of rotatable bonds is 6. The maximum atomic E-state index is 11.6. The zero-order valence-electron chi connectivity index (χ0n) is 23.4. The third-order valence-electron chi connectivity index (χ3n) is 8.35. The van der Waals surface area contributed by atoms with Crippen molar-refractivity contribution in [3.05, 3.63) is 90.5 Å². The molecule has 0 saturated carbocycles. The van der Waals surface area contributed by atoms with E-state index >= 15 is 0 Å². The molecule has 0 fully saturated rings. The number of aliphatic hydroxyl groups is 2. The van der Waals surface area contributed by atoms with Crippen molar-refractivity contribution in [2.24, 2.45) is 0 Å². The van der Waals surface area contributed by atoms with Crippen LogP contribution in [0, 0.1) is 0 Å². The summed E-state index contributed by atoms with van der Waals surface area (Å²) in [5.74, 6) is 0. The first-order valence-electron chi connectivity index (χ1n) is 12.4. The Morgan fingerprint density at radius 1 is 0.611 bits per heavy atom. The molecule has 6 heteroatoms. The van der Waals surface area contributed by atoms with Gasteiger partial charge in [-0.25, -0.2) is 0 Å². The minimum Gasteiger partial charge on any atom is -0.384 e. The smallest absolute Gasteiger partial charge is 0.104 e. The first-order chi connectivity index (χ1) is 16.3. The lowest BCUT2D eigenvalue weighted by atomic mass is 10.1. The molecule has 0 aliphatic carbocycles. The van der Waals surface area contributed by atoms with Crippen molar-refractivity contribution < 1.29 is 10.2 Å². The van der Waals surface area contributed by atoms with E-state index in [9.17, 15) is 10.2 Å². The van der Waals surface area contributed by atoms with Gasteiger partial charge < -0.3 is 10.2 Å². The largest absolute Gasteiger partial charge is 0.384 e. The van der Waals surface area contributed by atoms with Crippen LogP contribution in [0.15, 0.2) is 79.3 Å². The van der Waals surface area contributed by atoms with Gasteiger partial charge in [0.25, 0.3) is 0 Å². The monoisotopic (exact) mass is 648 g/mol. The van der Waals surface area contributed by atoms with E-state index in [0.717, 1.165) is 30.5 Å². The van der Waals surface area contributed by atoms with Crippen molar-refractivity contribution in [3.63, 3.8) is 0 Å². The molecule has 2 N–H and O–H groups in total. The highest BCUT2D eigenvalue weighted by molar-refractivity contribution is 9.10. The Kier molecular flexibility index (Phi) is 9.93. The van der Waals surface area contributed by atoms with Gasteiger partial charge in [-0.15, -0.1) is 0 Å². The summed E-state index contributed by atoms with van der Waals surface area (Å²) in [4.78, 5) is 0. The van der Waals surface area contributed by atoms with Crippen LogP contribution in [0.1, 0.15) is 64.9 Å². The van der Waals surface area contributed by atoms with Crippen molar-refractivity contribution >= 4 is 48.0 Å². The van der Waals surface area contributed by atoms with Crippen LogP contribution in [0.2, 0.25) is 36.3 Å². The Morgan fingerprint density at radius 3 is 1.08 bits per heavy atom. The normalized spacial score (nSPS) is 14.5. The van der Waals surface area contributed by atoms with E-state index in [4.69, 9.17) is 0 Å². The zero-order valence-corrected chi connectivity index (χ0v) is 28.6. The lowest BCUT2D eigenvalue weighted by molar-refractivity contribution is 0.220. The Morgan fingerprint density at radius 2 is 0.861 bits per heavy atom. The predicted molar refractivity (Wildman–Crippen MR) is 167 cm³/mol. The predicted octanol–water partition coefficient (Wildman–Crippen LogP) is 9.68. The number of hydrogen-bond donors (Lipinski definition) is 2. The molecule has 196 valence electrons. The highest BCUT2D eigenvalue weighted by atomic mass is 79.9. The molecule has 0 aliphatic rings. The number of halogens is 2. The standard InChI is InChI=1S/C30H42Br2O2Si2/c1-29(2,3)35(7,8)25(27(33)21-11-15-23(31)16-12-21)19-20-26(36(9,10)30(4,5)6)28(34)22-13-17-24(32)18-14-22/h11-18,27-28,33-34H,1-10H3. The quantitative estimate of drug-likeness (QED) is 0.242. The fourth-order valence-corrected chi connectivity index (χ4v) is 8.29. The molecule has 0 bridgehead atoms. The van der Waals surface area contributed by atoms with Crippen LogP contribution in [-0.4, -0.2) is 26.4 Å². The van der Waals surface area contributed by atoms with Crippen molar-refractivity contribution in [3.8, 4) is 0 Å². The molecule has 0 aliphatic heterocycles. The molecule has 0 spiro atoms. The fourth-order valence-electron chi connectivity index (χ4n) is 3.70. The third kappa shape index (κ3) is 6.92. The maximum absolute atomic E-state index is 11.6. The summed E-state index contributed by atoms with van der Waals surface area (Å²) in [6.07, 6.45) is -1.56. The van der Waals surface area contributed by atoms with Gasteiger partial charge in [0.2, 0.25) is 0 Å². The highest BCUT2D eigenvalue weighted by Gasteiger charge is 2.43. The summed E-state index contributed by atoms with van der Waals surface area (Å²) in [5, 5.41) is 25.1. The Bertz CT molecular complexity index is 1060. The summed E-state index contributed by atoms with van der Waals surface area (Å²) >= 11 is 7.00. The lowest BCUT2D eigenvalue weighted by Crippen LogP contribution is -2.42. The number of aliphatic hydroxyl groups excluding tert-OH is 2. The molecule has 2 atom stereocenters. The second-order valence-corrected chi connectivity index (χ2v) is 25.1. The second-order valence-electron chi connectivity index (χ2n) is 12.7. The molecular weight excluding hydrogens is 608 g/mol. The Hall–Kier alpha value is -0.946. The molecule has 2 nitrogen and oxygen atoms in total. The van der Waals surface area contributed by atoms with E-state index < -0.39 is 28.4 Å². The van der Waals surface area contributed by atoms with E-state index in [2.05, 4.69) is 111 Å². The van der Waals surface area contributed by atoms with Gasteiger partial charge >= 0.3 is 0 Å². The van der Waals surface area contributed by atoms with Crippen molar-refractivity contribution in [2.45, 2.75) is 90.0 Å². The molecule has 2 aromatic rings. The molecule has 2 unspecified atom stereocenters. The first kappa shape index (κ1) is 31.3. The van der Waals surface area contributed by atoms with Crippen LogP contribution >= 0.6 is 31.9 Å². The van der Waals surface area contributed by atoms with Gasteiger partial charge in [-0.3, -0.25) is 0 Å². The lowest BCUT2D eigenvalue weighted by Gasteiger charge is -2.40. The van der Waals surface area contributed by atoms with Crippen LogP contribution in [0.3, 0.4) is 0 Å². The topological polar surface area (TPSA) is 40.5 Å². The van der Waals surface area contributed by atoms with Crippen LogP contribution in [0.4, 0.5) is 0 Å². The summed E-state index contributed by atoms with van der Waals surface area (Å²) in [7, 11) is -4.38. The maximum Gasteiger partial charge on any atom is 0.104 e. The fraction of sp³-hybridized carbons (Fsp3) is 0.467. The van der Waals surface area contributed by atoms with Gasteiger partial charge in [0.15, 0.2) is 0 Å².